The normalized spacial score (nSPS) is 16.9. The monoisotopic (exact) mass is 484 g/mol. The van der Waals surface area contributed by atoms with Crippen molar-refractivity contribution in [2.45, 2.75) is 25.7 Å². The van der Waals surface area contributed by atoms with Gasteiger partial charge in [-0.1, -0.05) is 12.1 Å². The Morgan fingerprint density at radius 2 is 1.83 bits per heavy atom. The van der Waals surface area contributed by atoms with Crippen LogP contribution in [-0.2, 0) is 17.5 Å². The number of amides is 1. The van der Waals surface area contributed by atoms with Crippen LogP contribution >= 0.6 is 0 Å². The van der Waals surface area contributed by atoms with Crippen molar-refractivity contribution >= 4 is 28.4 Å². The molecule has 0 spiro atoms. The van der Waals surface area contributed by atoms with Gasteiger partial charge >= 0.3 is 6.18 Å². The van der Waals surface area contributed by atoms with E-state index in [0.29, 0.717) is 37.1 Å². The number of nitrogens with zero attached hydrogens (tertiary/aromatic N) is 6. The Balaban J connectivity index is 1.43. The van der Waals surface area contributed by atoms with E-state index in [0.717, 1.165) is 23.0 Å². The average molecular weight is 484 g/mol. The first-order valence-corrected chi connectivity index (χ1v) is 11.1. The third-order valence-corrected chi connectivity index (χ3v) is 6.20. The molecule has 0 N–H and O–H groups in total. The second-order valence-corrected chi connectivity index (χ2v) is 8.51. The van der Waals surface area contributed by atoms with E-state index in [1.807, 2.05) is 35.6 Å². The van der Waals surface area contributed by atoms with Crippen molar-refractivity contribution in [2.24, 2.45) is 0 Å². The largest absolute Gasteiger partial charge is 0.416 e. The van der Waals surface area contributed by atoms with Crippen molar-refractivity contribution in [3.8, 4) is 0 Å². The van der Waals surface area contributed by atoms with Crippen molar-refractivity contribution < 1.29 is 22.7 Å². The molecule has 3 heterocycles. The number of alkyl halides is 3. The summed E-state index contributed by atoms with van der Waals surface area (Å²) in [4.78, 5) is 21.7. The number of piperazine rings is 1. The van der Waals surface area contributed by atoms with Gasteiger partial charge in [-0.05, 0) is 43.3 Å². The van der Waals surface area contributed by atoms with Crippen molar-refractivity contribution in [3.05, 3.63) is 65.5 Å². The Labute approximate surface area is 198 Å². The first-order valence-electron chi connectivity index (χ1n) is 11.1. The van der Waals surface area contributed by atoms with Gasteiger partial charge < -0.3 is 14.5 Å². The highest BCUT2D eigenvalue weighted by Gasteiger charge is 2.33. The molecule has 0 aliphatic carbocycles. The number of carbonyl (C=O) groups is 1. The molecule has 0 saturated carbocycles. The van der Waals surface area contributed by atoms with Crippen LogP contribution in [0.4, 0.5) is 19.1 Å². The Morgan fingerprint density at radius 3 is 2.51 bits per heavy atom. The maximum atomic E-state index is 13.1. The molecule has 1 unspecified atom stereocenters. The maximum absolute atomic E-state index is 13.1. The predicted molar refractivity (Wildman–Crippen MR) is 123 cm³/mol. The lowest BCUT2D eigenvalue weighted by atomic mass is 10.1. The molecule has 1 atom stereocenters. The first-order chi connectivity index (χ1) is 16.8. The lowest BCUT2D eigenvalue weighted by Crippen LogP contribution is -2.54. The van der Waals surface area contributed by atoms with Gasteiger partial charge in [0, 0.05) is 43.7 Å². The third kappa shape index (κ3) is 4.16. The van der Waals surface area contributed by atoms with E-state index in [1.54, 1.807) is 12.0 Å². The SMILES string of the molecule is COCc1nnc2c3ccccc3nc(N3CCN(C(=O)c4ccc(C(F)(F)F)cc4)C(C)C3)n12. The van der Waals surface area contributed by atoms with Crippen LogP contribution in [0.2, 0.25) is 0 Å². The molecule has 5 rings (SSSR count). The molecule has 1 amide bonds. The molecule has 0 radical (unpaired) electrons. The number of benzene rings is 2. The van der Waals surface area contributed by atoms with Gasteiger partial charge in [0.2, 0.25) is 5.95 Å². The summed E-state index contributed by atoms with van der Waals surface area (Å²) in [5, 5.41) is 9.53. The first kappa shape index (κ1) is 23.0. The van der Waals surface area contributed by atoms with Gasteiger partial charge in [0.15, 0.2) is 11.5 Å². The summed E-state index contributed by atoms with van der Waals surface area (Å²) < 4.78 is 45.8. The van der Waals surface area contributed by atoms with E-state index in [4.69, 9.17) is 9.72 Å². The van der Waals surface area contributed by atoms with E-state index in [2.05, 4.69) is 15.1 Å². The molecule has 1 fully saturated rings. The van der Waals surface area contributed by atoms with E-state index in [-0.39, 0.29) is 24.1 Å². The molecular formula is C24H23F3N6O2. The Morgan fingerprint density at radius 1 is 1.09 bits per heavy atom. The van der Waals surface area contributed by atoms with Crippen molar-refractivity contribution in [1.29, 1.82) is 0 Å². The van der Waals surface area contributed by atoms with Crippen LogP contribution in [0.25, 0.3) is 16.6 Å². The lowest BCUT2D eigenvalue weighted by Gasteiger charge is -2.40. The fourth-order valence-corrected chi connectivity index (χ4v) is 4.46. The Kier molecular flexibility index (Phi) is 5.79. The van der Waals surface area contributed by atoms with Crippen LogP contribution in [0.15, 0.2) is 48.5 Å². The molecule has 2 aromatic carbocycles. The topological polar surface area (TPSA) is 75.9 Å². The third-order valence-electron chi connectivity index (χ3n) is 6.20. The van der Waals surface area contributed by atoms with Gasteiger partial charge in [0.05, 0.1) is 11.1 Å². The molecule has 1 aliphatic rings. The fraction of sp³-hybridized carbons (Fsp3) is 0.333. The number of halogens is 3. The van der Waals surface area contributed by atoms with Gasteiger partial charge in [-0.3, -0.25) is 4.79 Å². The van der Waals surface area contributed by atoms with Crippen LogP contribution < -0.4 is 4.90 Å². The molecule has 1 saturated heterocycles. The number of anilines is 1. The minimum atomic E-state index is -4.44. The smallest absolute Gasteiger partial charge is 0.377 e. The molecule has 35 heavy (non-hydrogen) atoms. The van der Waals surface area contributed by atoms with Crippen LogP contribution in [0, 0.1) is 0 Å². The number of methoxy groups -OCH3 is 1. The van der Waals surface area contributed by atoms with Gasteiger partial charge in [-0.2, -0.15) is 13.2 Å². The number of rotatable bonds is 4. The summed E-state index contributed by atoms with van der Waals surface area (Å²) in [6.07, 6.45) is -4.44. The highest BCUT2D eigenvalue weighted by Crippen LogP contribution is 2.30. The van der Waals surface area contributed by atoms with E-state index >= 15 is 0 Å². The summed E-state index contributed by atoms with van der Waals surface area (Å²) in [6.45, 7) is 3.53. The van der Waals surface area contributed by atoms with E-state index in [1.165, 1.54) is 12.1 Å². The van der Waals surface area contributed by atoms with E-state index < -0.39 is 11.7 Å². The van der Waals surface area contributed by atoms with Gasteiger partial charge in [0.25, 0.3) is 5.91 Å². The number of carbonyl (C=O) groups excluding carboxylic acids is 1. The molecular weight excluding hydrogens is 461 g/mol. The van der Waals surface area contributed by atoms with Gasteiger partial charge in [-0.25, -0.2) is 9.38 Å². The van der Waals surface area contributed by atoms with Crippen molar-refractivity contribution in [3.63, 3.8) is 0 Å². The molecule has 2 aromatic heterocycles. The standard InChI is InChI=1S/C24H23F3N6O2/c1-15-13-31(11-12-32(15)22(34)16-7-9-17(10-8-16)24(25,26)27)23-28-19-6-4-3-5-18(19)21-30-29-20(14-35-2)33(21)23/h3-10,15H,11-14H2,1-2H3. The summed E-state index contributed by atoms with van der Waals surface area (Å²) in [5.41, 5.74) is 0.903. The Hall–Kier alpha value is -3.73. The van der Waals surface area contributed by atoms with Crippen molar-refractivity contribution in [1.82, 2.24) is 24.5 Å². The highest BCUT2D eigenvalue weighted by atomic mass is 19.4. The number of fused-ring (bicyclic) bond motifs is 3. The number of hydrogen-bond acceptors (Lipinski definition) is 6. The zero-order valence-corrected chi connectivity index (χ0v) is 19.2. The minimum Gasteiger partial charge on any atom is -0.377 e. The fourth-order valence-electron chi connectivity index (χ4n) is 4.46. The molecule has 11 heteroatoms. The van der Waals surface area contributed by atoms with Gasteiger partial charge in [0.1, 0.15) is 6.61 Å². The molecule has 4 aromatic rings. The van der Waals surface area contributed by atoms with E-state index in [9.17, 15) is 18.0 Å². The zero-order valence-electron chi connectivity index (χ0n) is 19.2. The van der Waals surface area contributed by atoms with Crippen LogP contribution in [0.1, 0.15) is 28.7 Å². The second-order valence-electron chi connectivity index (χ2n) is 8.51. The maximum Gasteiger partial charge on any atom is 0.416 e. The quantitative estimate of drug-likeness (QED) is 0.439. The highest BCUT2D eigenvalue weighted by molar-refractivity contribution is 5.95. The molecule has 182 valence electrons. The van der Waals surface area contributed by atoms with Crippen LogP contribution in [0.3, 0.4) is 0 Å². The van der Waals surface area contributed by atoms with Crippen LogP contribution in [0.5, 0.6) is 0 Å². The average Bonchev–Trinajstić information content (AvgIpc) is 3.27. The minimum absolute atomic E-state index is 0.204. The summed E-state index contributed by atoms with van der Waals surface area (Å²) in [5.74, 6) is 0.975. The zero-order chi connectivity index (χ0) is 24.7. The predicted octanol–water partition coefficient (Wildman–Crippen LogP) is 3.79. The number of aromatic nitrogens is 4. The number of hydrogen-bond donors (Lipinski definition) is 0. The van der Waals surface area contributed by atoms with Crippen molar-refractivity contribution in [2.75, 3.05) is 31.6 Å². The summed E-state index contributed by atoms with van der Waals surface area (Å²) in [7, 11) is 1.59. The van der Waals surface area contributed by atoms with Gasteiger partial charge in [-0.15, -0.1) is 10.2 Å². The lowest BCUT2D eigenvalue weighted by molar-refractivity contribution is -0.137. The molecule has 8 nitrogen and oxygen atoms in total. The number of ether oxygens (including phenoxy) is 1. The second kappa shape index (κ2) is 8.81. The summed E-state index contributed by atoms with van der Waals surface area (Å²) >= 11 is 0. The molecule has 1 aliphatic heterocycles. The number of para-hydroxylation sites is 1. The van der Waals surface area contributed by atoms with Crippen LogP contribution in [-0.4, -0.2) is 63.2 Å². The molecule has 0 bridgehead atoms. The summed E-state index contributed by atoms with van der Waals surface area (Å²) in [6, 6.07) is 11.8. The Bertz CT molecular complexity index is 1390.